The number of ether oxygens (including phenoxy) is 1. The zero-order valence-corrected chi connectivity index (χ0v) is 10.6. The molecule has 0 aliphatic carbocycles. The maximum absolute atomic E-state index is 5.33. The summed E-state index contributed by atoms with van der Waals surface area (Å²) in [4.78, 5) is 6.62. The number of nitrogens with one attached hydrogen (secondary N) is 1. The van der Waals surface area contributed by atoms with Crippen LogP contribution in [-0.4, -0.2) is 58.6 Å². The van der Waals surface area contributed by atoms with Crippen LogP contribution < -0.4 is 5.32 Å². The standard InChI is InChI=1S/C11H21N5O/c1-10(8-16-3-5-17-6-4-16)12-7-11-13-9-14-15(11)2/h9-10,12H,3-8H2,1-2H3. The van der Waals surface area contributed by atoms with E-state index in [1.165, 1.54) is 0 Å². The minimum atomic E-state index is 0.449. The van der Waals surface area contributed by atoms with Gasteiger partial charge in [0.05, 0.1) is 19.8 Å². The zero-order chi connectivity index (χ0) is 12.1. The average molecular weight is 239 g/mol. The van der Waals surface area contributed by atoms with Gasteiger partial charge in [0.25, 0.3) is 0 Å². The Kier molecular flexibility index (Phi) is 4.47. The monoisotopic (exact) mass is 239 g/mol. The number of hydrogen-bond donors (Lipinski definition) is 1. The predicted molar refractivity (Wildman–Crippen MR) is 64.6 cm³/mol. The fourth-order valence-corrected chi connectivity index (χ4v) is 1.98. The molecule has 96 valence electrons. The Bertz CT molecular complexity index is 334. The lowest BCUT2D eigenvalue weighted by Gasteiger charge is -2.29. The number of hydrogen-bond acceptors (Lipinski definition) is 5. The first-order chi connectivity index (χ1) is 8.25. The Hall–Kier alpha value is -0.980. The van der Waals surface area contributed by atoms with Gasteiger partial charge in [-0.3, -0.25) is 9.58 Å². The van der Waals surface area contributed by atoms with Crippen LogP contribution in [0.3, 0.4) is 0 Å². The van der Waals surface area contributed by atoms with Crippen LogP contribution in [0.15, 0.2) is 6.33 Å². The van der Waals surface area contributed by atoms with Gasteiger partial charge in [-0.25, -0.2) is 4.98 Å². The third kappa shape index (κ3) is 3.76. The van der Waals surface area contributed by atoms with Crippen molar-refractivity contribution in [3.63, 3.8) is 0 Å². The summed E-state index contributed by atoms with van der Waals surface area (Å²) in [7, 11) is 1.91. The summed E-state index contributed by atoms with van der Waals surface area (Å²) < 4.78 is 7.13. The highest BCUT2D eigenvalue weighted by Gasteiger charge is 2.13. The third-order valence-electron chi connectivity index (χ3n) is 3.05. The van der Waals surface area contributed by atoms with Gasteiger partial charge < -0.3 is 10.1 Å². The Morgan fingerprint density at radius 2 is 2.24 bits per heavy atom. The summed E-state index contributed by atoms with van der Waals surface area (Å²) in [5.41, 5.74) is 0. The Morgan fingerprint density at radius 3 is 2.88 bits per heavy atom. The smallest absolute Gasteiger partial charge is 0.140 e. The first kappa shape index (κ1) is 12.5. The molecule has 2 rings (SSSR count). The molecule has 1 unspecified atom stereocenters. The molecule has 2 heterocycles. The molecule has 17 heavy (non-hydrogen) atoms. The lowest BCUT2D eigenvalue weighted by Crippen LogP contribution is -2.44. The first-order valence-corrected chi connectivity index (χ1v) is 6.12. The second kappa shape index (κ2) is 6.09. The number of aromatic nitrogens is 3. The molecule has 1 atom stereocenters. The fourth-order valence-electron chi connectivity index (χ4n) is 1.98. The van der Waals surface area contributed by atoms with E-state index in [2.05, 4.69) is 27.2 Å². The molecule has 0 saturated carbocycles. The van der Waals surface area contributed by atoms with Gasteiger partial charge in [-0.1, -0.05) is 0 Å². The van der Waals surface area contributed by atoms with Gasteiger partial charge in [0.15, 0.2) is 0 Å². The van der Waals surface area contributed by atoms with E-state index in [0.717, 1.165) is 45.2 Å². The van der Waals surface area contributed by atoms with Gasteiger partial charge in [-0.15, -0.1) is 0 Å². The molecule has 0 spiro atoms. The van der Waals surface area contributed by atoms with E-state index in [1.54, 1.807) is 11.0 Å². The molecule has 6 nitrogen and oxygen atoms in total. The summed E-state index contributed by atoms with van der Waals surface area (Å²) in [5.74, 6) is 0.971. The largest absolute Gasteiger partial charge is 0.379 e. The van der Waals surface area contributed by atoms with Crippen molar-refractivity contribution >= 4 is 0 Å². The molecule has 6 heteroatoms. The lowest BCUT2D eigenvalue weighted by molar-refractivity contribution is 0.0343. The molecule has 0 aromatic carbocycles. The molecule has 1 saturated heterocycles. The van der Waals surface area contributed by atoms with Crippen LogP contribution >= 0.6 is 0 Å². The number of aryl methyl sites for hydroxylation is 1. The Balaban J connectivity index is 1.70. The maximum Gasteiger partial charge on any atom is 0.140 e. The van der Waals surface area contributed by atoms with E-state index >= 15 is 0 Å². The van der Waals surface area contributed by atoms with Crippen LogP contribution in [0.4, 0.5) is 0 Å². The van der Waals surface area contributed by atoms with Crippen LogP contribution in [0.2, 0.25) is 0 Å². The zero-order valence-electron chi connectivity index (χ0n) is 10.6. The van der Waals surface area contributed by atoms with Crippen LogP contribution in [0, 0.1) is 0 Å². The van der Waals surface area contributed by atoms with Crippen molar-refractivity contribution < 1.29 is 4.74 Å². The Labute approximate surface area is 102 Å². The molecule has 0 bridgehead atoms. The van der Waals surface area contributed by atoms with Gasteiger partial charge in [-0.2, -0.15) is 5.10 Å². The predicted octanol–water partition coefficient (Wildman–Crippen LogP) is -0.375. The van der Waals surface area contributed by atoms with Gasteiger partial charge in [0.2, 0.25) is 0 Å². The highest BCUT2D eigenvalue weighted by Crippen LogP contribution is 1.99. The summed E-state index contributed by atoms with van der Waals surface area (Å²) in [6, 6.07) is 0.449. The van der Waals surface area contributed by atoms with E-state index < -0.39 is 0 Å². The van der Waals surface area contributed by atoms with Crippen molar-refractivity contribution in [2.45, 2.75) is 19.5 Å². The van der Waals surface area contributed by atoms with Gasteiger partial charge >= 0.3 is 0 Å². The molecule has 1 aliphatic heterocycles. The molecule has 1 aliphatic rings. The molecular formula is C11H21N5O. The van der Waals surface area contributed by atoms with Crippen molar-refractivity contribution in [2.75, 3.05) is 32.8 Å². The molecule has 0 radical (unpaired) electrons. The first-order valence-electron chi connectivity index (χ1n) is 6.12. The van der Waals surface area contributed by atoms with Crippen LogP contribution in [0.1, 0.15) is 12.7 Å². The van der Waals surface area contributed by atoms with Crippen molar-refractivity contribution in [2.24, 2.45) is 7.05 Å². The topological polar surface area (TPSA) is 55.2 Å². The Morgan fingerprint density at radius 1 is 1.47 bits per heavy atom. The lowest BCUT2D eigenvalue weighted by atomic mass is 10.3. The van der Waals surface area contributed by atoms with Crippen LogP contribution in [-0.2, 0) is 18.3 Å². The second-order valence-electron chi connectivity index (χ2n) is 4.49. The van der Waals surface area contributed by atoms with Crippen molar-refractivity contribution in [3.05, 3.63) is 12.2 Å². The van der Waals surface area contributed by atoms with Gasteiger partial charge in [-0.05, 0) is 6.92 Å². The SMILES string of the molecule is CC(CN1CCOCC1)NCc1ncnn1C. The number of morpholine rings is 1. The summed E-state index contributed by atoms with van der Waals surface area (Å²) in [6.07, 6.45) is 1.59. The van der Waals surface area contributed by atoms with Crippen molar-refractivity contribution in [1.82, 2.24) is 25.0 Å². The van der Waals surface area contributed by atoms with Crippen molar-refractivity contribution in [1.29, 1.82) is 0 Å². The molecular weight excluding hydrogens is 218 g/mol. The van der Waals surface area contributed by atoms with E-state index in [0.29, 0.717) is 6.04 Å². The van der Waals surface area contributed by atoms with Crippen LogP contribution in [0.25, 0.3) is 0 Å². The fraction of sp³-hybridized carbons (Fsp3) is 0.818. The van der Waals surface area contributed by atoms with E-state index in [9.17, 15) is 0 Å². The quantitative estimate of drug-likeness (QED) is 0.759. The van der Waals surface area contributed by atoms with E-state index in [1.807, 2.05) is 7.05 Å². The van der Waals surface area contributed by atoms with Crippen molar-refractivity contribution in [3.8, 4) is 0 Å². The highest BCUT2D eigenvalue weighted by molar-refractivity contribution is 4.83. The highest BCUT2D eigenvalue weighted by atomic mass is 16.5. The normalized spacial score (nSPS) is 19.4. The number of nitrogens with zero attached hydrogens (tertiary/aromatic N) is 4. The van der Waals surface area contributed by atoms with Gasteiger partial charge in [0.1, 0.15) is 12.2 Å². The summed E-state index contributed by atoms with van der Waals surface area (Å²) in [5, 5.41) is 7.52. The average Bonchev–Trinajstić information content (AvgIpc) is 2.74. The number of rotatable bonds is 5. The second-order valence-corrected chi connectivity index (χ2v) is 4.49. The summed E-state index contributed by atoms with van der Waals surface area (Å²) >= 11 is 0. The maximum atomic E-state index is 5.33. The summed E-state index contributed by atoms with van der Waals surface area (Å²) in [6.45, 7) is 7.81. The van der Waals surface area contributed by atoms with E-state index in [4.69, 9.17) is 4.74 Å². The minimum Gasteiger partial charge on any atom is -0.379 e. The van der Waals surface area contributed by atoms with Gasteiger partial charge in [0, 0.05) is 32.7 Å². The van der Waals surface area contributed by atoms with E-state index in [-0.39, 0.29) is 0 Å². The third-order valence-corrected chi connectivity index (χ3v) is 3.05. The minimum absolute atomic E-state index is 0.449. The molecule has 1 fully saturated rings. The molecule has 1 aromatic rings. The van der Waals surface area contributed by atoms with Crippen LogP contribution in [0.5, 0.6) is 0 Å². The molecule has 1 N–H and O–H groups in total. The molecule has 1 aromatic heterocycles. The molecule has 0 amide bonds.